The van der Waals surface area contributed by atoms with Crippen LogP contribution in [0.15, 0.2) is 65.8 Å². The fraction of sp³-hybridized carbons (Fsp3) is 0.130. The molecular weight excluding hydrogens is 423 g/mol. The molecule has 0 aliphatic carbocycles. The zero-order valence-electron chi connectivity index (χ0n) is 16.9. The maximum Gasteiger partial charge on any atom is 0.271 e. The second-order valence-corrected chi connectivity index (χ2v) is 6.83. The van der Waals surface area contributed by atoms with Crippen LogP contribution in [0.4, 0.5) is 4.39 Å². The summed E-state index contributed by atoms with van der Waals surface area (Å²) in [5.41, 5.74) is 4.15. The number of nitrogens with zero attached hydrogens (tertiary/aromatic N) is 1. The van der Waals surface area contributed by atoms with Gasteiger partial charge in [-0.2, -0.15) is 5.10 Å². The Morgan fingerprint density at radius 2 is 1.71 bits per heavy atom. The highest BCUT2D eigenvalue weighted by Crippen LogP contribution is 2.24. The molecule has 0 heterocycles. The molecule has 0 aromatic heterocycles. The molecule has 3 rings (SSSR count). The van der Waals surface area contributed by atoms with Gasteiger partial charge in [-0.25, -0.2) is 9.82 Å². The highest BCUT2D eigenvalue weighted by atomic mass is 35.5. The van der Waals surface area contributed by atoms with Crippen molar-refractivity contribution in [3.8, 4) is 17.2 Å². The van der Waals surface area contributed by atoms with Gasteiger partial charge >= 0.3 is 0 Å². The lowest BCUT2D eigenvalue weighted by Crippen LogP contribution is -2.17. The first-order valence-corrected chi connectivity index (χ1v) is 9.59. The van der Waals surface area contributed by atoms with Gasteiger partial charge in [0.2, 0.25) is 0 Å². The fourth-order valence-corrected chi connectivity index (χ4v) is 2.84. The summed E-state index contributed by atoms with van der Waals surface area (Å²) in [5, 5.41) is 4.49. The molecule has 0 unspecified atom stereocenters. The molecule has 8 heteroatoms. The number of hydrazone groups is 1. The average molecular weight is 443 g/mol. The molecule has 0 atom stereocenters. The summed E-state index contributed by atoms with van der Waals surface area (Å²) in [4.78, 5) is 12.4. The second-order valence-electron chi connectivity index (χ2n) is 6.40. The number of carbonyl (C=O) groups is 1. The van der Waals surface area contributed by atoms with Crippen molar-refractivity contribution in [3.05, 3.63) is 88.2 Å². The van der Waals surface area contributed by atoms with Gasteiger partial charge in [0.1, 0.15) is 29.7 Å². The molecule has 0 radical (unpaired) electrons. The molecule has 0 fully saturated rings. The van der Waals surface area contributed by atoms with E-state index in [1.807, 2.05) is 0 Å². The number of hydrogen-bond donors (Lipinski definition) is 1. The summed E-state index contributed by atoms with van der Waals surface area (Å²) >= 11 is 6.08. The number of benzene rings is 3. The summed E-state index contributed by atoms with van der Waals surface area (Å²) in [6, 6.07) is 15.9. The van der Waals surface area contributed by atoms with Crippen LogP contribution in [-0.2, 0) is 6.61 Å². The third-order valence-electron chi connectivity index (χ3n) is 4.26. The van der Waals surface area contributed by atoms with Crippen molar-refractivity contribution in [1.29, 1.82) is 0 Å². The van der Waals surface area contributed by atoms with Crippen molar-refractivity contribution in [2.45, 2.75) is 6.61 Å². The number of nitrogens with one attached hydrogen (secondary N) is 1. The van der Waals surface area contributed by atoms with Crippen molar-refractivity contribution >= 4 is 23.7 Å². The summed E-state index contributed by atoms with van der Waals surface area (Å²) in [6.07, 6.45) is 1.43. The number of ether oxygens (including phenoxy) is 3. The summed E-state index contributed by atoms with van der Waals surface area (Å²) in [5.74, 6) is 0.728. The minimum absolute atomic E-state index is 0.235. The second kappa shape index (κ2) is 10.4. The van der Waals surface area contributed by atoms with E-state index in [-0.39, 0.29) is 12.4 Å². The van der Waals surface area contributed by atoms with E-state index in [2.05, 4.69) is 10.5 Å². The molecule has 6 nitrogen and oxygen atoms in total. The molecule has 31 heavy (non-hydrogen) atoms. The van der Waals surface area contributed by atoms with E-state index < -0.39 is 5.91 Å². The van der Waals surface area contributed by atoms with Crippen molar-refractivity contribution in [1.82, 2.24) is 5.43 Å². The predicted octanol–water partition coefficient (Wildman–Crippen LogP) is 4.84. The average Bonchev–Trinajstić information content (AvgIpc) is 2.79. The van der Waals surface area contributed by atoms with Gasteiger partial charge in [-0.15, -0.1) is 0 Å². The largest absolute Gasteiger partial charge is 0.497 e. The Morgan fingerprint density at radius 3 is 2.35 bits per heavy atom. The lowest BCUT2D eigenvalue weighted by Gasteiger charge is -2.10. The van der Waals surface area contributed by atoms with Crippen LogP contribution >= 0.6 is 11.6 Å². The number of amides is 1. The molecule has 1 N–H and O–H groups in total. The summed E-state index contributed by atoms with van der Waals surface area (Å²) in [7, 11) is 3.00. The topological polar surface area (TPSA) is 69.2 Å². The van der Waals surface area contributed by atoms with Crippen LogP contribution in [0.3, 0.4) is 0 Å². The van der Waals surface area contributed by atoms with E-state index in [1.54, 1.807) is 48.5 Å². The van der Waals surface area contributed by atoms with Gasteiger partial charge in [-0.3, -0.25) is 4.79 Å². The molecule has 0 bridgehead atoms. The Kier molecular flexibility index (Phi) is 7.45. The SMILES string of the molecule is COc1cc(OC)cc(C(=O)N/N=C\c2cc(Cl)ccc2OCc2ccc(F)cc2)c1. The molecule has 0 saturated heterocycles. The molecule has 3 aromatic rings. The van der Waals surface area contributed by atoms with Crippen LogP contribution in [0.1, 0.15) is 21.5 Å². The van der Waals surface area contributed by atoms with Crippen LogP contribution in [-0.4, -0.2) is 26.3 Å². The number of carbonyl (C=O) groups excluding carboxylic acids is 1. The maximum atomic E-state index is 13.0. The van der Waals surface area contributed by atoms with E-state index in [0.29, 0.717) is 33.4 Å². The Hall–Kier alpha value is -3.58. The first-order chi connectivity index (χ1) is 15.0. The number of hydrogen-bond acceptors (Lipinski definition) is 5. The summed E-state index contributed by atoms with van der Waals surface area (Å²) < 4.78 is 29.2. The molecule has 3 aromatic carbocycles. The van der Waals surface area contributed by atoms with Crippen LogP contribution in [0.2, 0.25) is 5.02 Å². The smallest absolute Gasteiger partial charge is 0.271 e. The summed E-state index contributed by atoms with van der Waals surface area (Å²) in [6.45, 7) is 0.235. The third-order valence-corrected chi connectivity index (χ3v) is 4.50. The highest BCUT2D eigenvalue weighted by molar-refractivity contribution is 6.30. The number of rotatable bonds is 8. The van der Waals surface area contributed by atoms with E-state index in [9.17, 15) is 9.18 Å². The minimum atomic E-state index is -0.441. The standard InChI is InChI=1S/C23H20ClFN2O4/c1-29-20-10-16(11-21(12-20)30-2)23(28)27-26-13-17-9-18(24)5-8-22(17)31-14-15-3-6-19(25)7-4-15/h3-13H,14H2,1-2H3,(H,27,28)/b26-13-. The predicted molar refractivity (Wildman–Crippen MR) is 117 cm³/mol. The highest BCUT2D eigenvalue weighted by Gasteiger charge is 2.10. The first-order valence-electron chi connectivity index (χ1n) is 9.22. The van der Waals surface area contributed by atoms with Crippen LogP contribution in [0, 0.1) is 5.82 Å². The minimum Gasteiger partial charge on any atom is -0.497 e. The molecular formula is C23H20ClFN2O4. The maximum absolute atomic E-state index is 13.0. The Balaban J connectivity index is 1.70. The zero-order chi connectivity index (χ0) is 22.2. The fourth-order valence-electron chi connectivity index (χ4n) is 2.66. The molecule has 1 amide bonds. The van der Waals surface area contributed by atoms with E-state index in [4.69, 9.17) is 25.8 Å². The Bertz CT molecular complexity index is 1070. The van der Waals surface area contributed by atoms with E-state index >= 15 is 0 Å². The van der Waals surface area contributed by atoms with E-state index in [1.165, 1.54) is 32.6 Å². The van der Waals surface area contributed by atoms with E-state index in [0.717, 1.165) is 5.56 Å². The third kappa shape index (κ3) is 6.20. The molecule has 0 saturated carbocycles. The van der Waals surface area contributed by atoms with Gasteiger partial charge in [0.15, 0.2) is 0 Å². The van der Waals surface area contributed by atoms with Gasteiger partial charge in [0.25, 0.3) is 5.91 Å². The first kappa shape index (κ1) is 22.1. The quantitative estimate of drug-likeness (QED) is 0.400. The van der Waals surface area contributed by atoms with Crippen LogP contribution in [0.25, 0.3) is 0 Å². The van der Waals surface area contributed by atoms with Crippen molar-refractivity contribution in [3.63, 3.8) is 0 Å². The van der Waals surface area contributed by atoms with Crippen LogP contribution in [0.5, 0.6) is 17.2 Å². The lowest BCUT2D eigenvalue weighted by atomic mass is 10.2. The van der Waals surface area contributed by atoms with Crippen molar-refractivity contribution in [2.24, 2.45) is 5.10 Å². The van der Waals surface area contributed by atoms with Crippen molar-refractivity contribution in [2.75, 3.05) is 14.2 Å². The molecule has 0 aliphatic rings. The zero-order valence-corrected chi connectivity index (χ0v) is 17.7. The lowest BCUT2D eigenvalue weighted by molar-refractivity contribution is 0.0954. The number of halogens is 2. The van der Waals surface area contributed by atoms with Crippen molar-refractivity contribution < 1.29 is 23.4 Å². The van der Waals surface area contributed by atoms with Gasteiger partial charge in [0, 0.05) is 22.2 Å². The number of methoxy groups -OCH3 is 2. The Labute approximate surface area is 184 Å². The molecule has 0 spiro atoms. The van der Waals surface area contributed by atoms with Crippen LogP contribution < -0.4 is 19.6 Å². The van der Waals surface area contributed by atoms with Gasteiger partial charge in [-0.05, 0) is 48.0 Å². The molecule has 0 aliphatic heterocycles. The van der Waals surface area contributed by atoms with Gasteiger partial charge in [-0.1, -0.05) is 23.7 Å². The van der Waals surface area contributed by atoms with Gasteiger partial charge in [0.05, 0.1) is 20.4 Å². The monoisotopic (exact) mass is 442 g/mol. The van der Waals surface area contributed by atoms with Gasteiger partial charge < -0.3 is 14.2 Å². The Morgan fingerprint density at radius 1 is 1.03 bits per heavy atom. The normalized spacial score (nSPS) is 10.7. The molecule has 160 valence electrons.